The predicted octanol–water partition coefficient (Wildman–Crippen LogP) is 3.22. The fourth-order valence-electron chi connectivity index (χ4n) is 3.33. The lowest BCUT2D eigenvalue weighted by atomic mass is 10.0. The molecule has 2 aromatic heterocycles. The Morgan fingerprint density at radius 3 is 2.68 bits per heavy atom. The van der Waals surface area contributed by atoms with E-state index in [-0.39, 0.29) is 11.9 Å². The summed E-state index contributed by atoms with van der Waals surface area (Å²) in [5.41, 5.74) is 2.03. The van der Waals surface area contributed by atoms with Gasteiger partial charge in [-0.2, -0.15) is 0 Å². The summed E-state index contributed by atoms with van der Waals surface area (Å²) < 4.78 is 5.64. The van der Waals surface area contributed by atoms with Crippen molar-refractivity contribution in [3.05, 3.63) is 66.2 Å². The molecule has 0 spiro atoms. The lowest BCUT2D eigenvalue weighted by Gasteiger charge is -2.32. The molecule has 0 saturated carbocycles. The number of pyridine rings is 1. The number of carbonyl (C=O) groups excluding carboxylic acids is 1. The monoisotopic (exact) mass is 335 g/mol. The lowest BCUT2D eigenvalue weighted by molar-refractivity contribution is 0.0883. The number of benzene rings is 1. The molecule has 3 aromatic rings. The molecule has 1 N–H and O–H groups in total. The Balaban J connectivity index is 1.31. The van der Waals surface area contributed by atoms with Gasteiger partial charge in [-0.25, -0.2) is 0 Å². The summed E-state index contributed by atoms with van der Waals surface area (Å²) >= 11 is 0. The van der Waals surface area contributed by atoms with Crippen LogP contribution in [0.2, 0.25) is 0 Å². The molecule has 25 heavy (non-hydrogen) atoms. The van der Waals surface area contributed by atoms with Crippen LogP contribution in [0.15, 0.2) is 59.3 Å². The fourth-order valence-corrected chi connectivity index (χ4v) is 3.33. The van der Waals surface area contributed by atoms with E-state index in [0.29, 0.717) is 5.76 Å². The van der Waals surface area contributed by atoms with E-state index >= 15 is 0 Å². The van der Waals surface area contributed by atoms with Gasteiger partial charge in [0.15, 0.2) is 5.76 Å². The molecule has 0 unspecified atom stereocenters. The van der Waals surface area contributed by atoms with Crippen molar-refractivity contribution < 1.29 is 9.21 Å². The van der Waals surface area contributed by atoms with Crippen molar-refractivity contribution in [2.24, 2.45) is 0 Å². The van der Waals surface area contributed by atoms with Gasteiger partial charge in [-0.15, -0.1) is 0 Å². The number of fused-ring (bicyclic) bond motifs is 1. The topological polar surface area (TPSA) is 58.4 Å². The number of nitrogens with zero attached hydrogens (tertiary/aromatic N) is 2. The van der Waals surface area contributed by atoms with Crippen LogP contribution in [-0.4, -0.2) is 34.9 Å². The Kier molecular flexibility index (Phi) is 4.48. The second kappa shape index (κ2) is 7.07. The SMILES string of the molecule is O=C(NC1CCN(Cc2ccncc2)CC1)c1cc2ccccc2o1. The quantitative estimate of drug-likeness (QED) is 0.795. The summed E-state index contributed by atoms with van der Waals surface area (Å²) in [6.07, 6.45) is 5.57. The minimum atomic E-state index is -0.121. The number of hydrogen-bond donors (Lipinski definition) is 1. The Morgan fingerprint density at radius 1 is 1.16 bits per heavy atom. The second-order valence-corrected chi connectivity index (χ2v) is 6.53. The lowest BCUT2D eigenvalue weighted by Crippen LogP contribution is -2.44. The number of carbonyl (C=O) groups is 1. The van der Waals surface area contributed by atoms with E-state index in [4.69, 9.17) is 4.42 Å². The molecule has 0 bridgehead atoms. The minimum absolute atomic E-state index is 0.121. The zero-order valence-corrected chi connectivity index (χ0v) is 14.0. The number of aromatic nitrogens is 1. The van der Waals surface area contributed by atoms with Gasteiger partial charge < -0.3 is 9.73 Å². The van der Waals surface area contributed by atoms with Crippen molar-refractivity contribution in [3.8, 4) is 0 Å². The van der Waals surface area contributed by atoms with E-state index in [0.717, 1.165) is 43.4 Å². The maximum Gasteiger partial charge on any atom is 0.287 e. The third-order valence-corrected chi connectivity index (χ3v) is 4.73. The summed E-state index contributed by atoms with van der Waals surface area (Å²) in [7, 11) is 0. The van der Waals surface area contributed by atoms with Crippen LogP contribution in [0, 0.1) is 0 Å². The molecule has 1 saturated heterocycles. The molecule has 5 heteroatoms. The van der Waals surface area contributed by atoms with Gasteiger partial charge in [-0.3, -0.25) is 14.7 Å². The van der Waals surface area contributed by atoms with Crippen molar-refractivity contribution in [3.63, 3.8) is 0 Å². The maximum absolute atomic E-state index is 12.4. The smallest absolute Gasteiger partial charge is 0.287 e. The number of nitrogens with one attached hydrogen (secondary N) is 1. The standard InChI is InChI=1S/C20H21N3O2/c24-20(19-13-16-3-1-2-4-18(16)25-19)22-17-7-11-23(12-8-17)14-15-5-9-21-10-6-15/h1-6,9-10,13,17H,7-8,11-12,14H2,(H,22,24). The molecule has 1 aliphatic heterocycles. The Hall–Kier alpha value is -2.66. The van der Waals surface area contributed by atoms with E-state index in [1.807, 2.05) is 42.7 Å². The molecule has 5 nitrogen and oxygen atoms in total. The van der Waals surface area contributed by atoms with Gasteiger partial charge in [0, 0.05) is 43.5 Å². The van der Waals surface area contributed by atoms with Crippen LogP contribution in [0.4, 0.5) is 0 Å². The van der Waals surface area contributed by atoms with E-state index in [1.54, 1.807) is 0 Å². The third-order valence-electron chi connectivity index (χ3n) is 4.73. The highest BCUT2D eigenvalue weighted by Gasteiger charge is 2.22. The van der Waals surface area contributed by atoms with Gasteiger partial charge in [-0.05, 0) is 42.7 Å². The van der Waals surface area contributed by atoms with Crippen molar-refractivity contribution in [1.82, 2.24) is 15.2 Å². The highest BCUT2D eigenvalue weighted by Crippen LogP contribution is 2.20. The maximum atomic E-state index is 12.4. The Bertz CT molecular complexity index is 819. The van der Waals surface area contributed by atoms with Crippen LogP contribution in [-0.2, 0) is 6.54 Å². The summed E-state index contributed by atoms with van der Waals surface area (Å²) in [6, 6.07) is 13.8. The van der Waals surface area contributed by atoms with Gasteiger partial charge >= 0.3 is 0 Å². The first-order chi connectivity index (χ1) is 12.3. The zero-order chi connectivity index (χ0) is 17.1. The number of hydrogen-bond acceptors (Lipinski definition) is 4. The normalized spacial score (nSPS) is 16.2. The van der Waals surface area contributed by atoms with Gasteiger partial charge in [0.2, 0.25) is 0 Å². The molecule has 1 amide bonds. The number of para-hydroxylation sites is 1. The van der Waals surface area contributed by atoms with Gasteiger partial charge in [0.25, 0.3) is 5.91 Å². The molecular weight excluding hydrogens is 314 g/mol. The number of piperidine rings is 1. The van der Waals surface area contributed by atoms with Crippen molar-refractivity contribution in [2.45, 2.75) is 25.4 Å². The van der Waals surface area contributed by atoms with Crippen molar-refractivity contribution in [1.29, 1.82) is 0 Å². The Morgan fingerprint density at radius 2 is 1.92 bits per heavy atom. The van der Waals surface area contributed by atoms with Crippen molar-refractivity contribution in [2.75, 3.05) is 13.1 Å². The Labute approximate surface area is 146 Å². The molecule has 0 aliphatic carbocycles. The van der Waals surface area contributed by atoms with E-state index in [1.165, 1.54) is 5.56 Å². The van der Waals surface area contributed by atoms with E-state index in [9.17, 15) is 4.79 Å². The molecule has 1 aromatic carbocycles. The van der Waals surface area contributed by atoms with Crippen LogP contribution in [0.1, 0.15) is 29.0 Å². The zero-order valence-electron chi connectivity index (χ0n) is 14.0. The highest BCUT2D eigenvalue weighted by atomic mass is 16.3. The largest absolute Gasteiger partial charge is 0.451 e. The second-order valence-electron chi connectivity index (χ2n) is 6.53. The molecule has 0 atom stereocenters. The van der Waals surface area contributed by atoms with Crippen LogP contribution < -0.4 is 5.32 Å². The molecule has 0 radical (unpaired) electrons. The fraction of sp³-hybridized carbons (Fsp3) is 0.300. The predicted molar refractivity (Wildman–Crippen MR) is 96.2 cm³/mol. The van der Waals surface area contributed by atoms with Crippen LogP contribution in [0.25, 0.3) is 11.0 Å². The molecule has 1 aliphatic rings. The highest BCUT2D eigenvalue weighted by molar-refractivity contribution is 5.96. The minimum Gasteiger partial charge on any atom is -0.451 e. The van der Waals surface area contributed by atoms with Crippen LogP contribution in [0.5, 0.6) is 0 Å². The number of furan rings is 1. The number of rotatable bonds is 4. The van der Waals surface area contributed by atoms with Gasteiger partial charge in [0.05, 0.1) is 0 Å². The van der Waals surface area contributed by atoms with Crippen molar-refractivity contribution >= 4 is 16.9 Å². The molecular formula is C20H21N3O2. The van der Waals surface area contributed by atoms with Crippen LogP contribution >= 0.6 is 0 Å². The molecule has 4 rings (SSSR count). The van der Waals surface area contributed by atoms with Crippen LogP contribution in [0.3, 0.4) is 0 Å². The summed E-state index contributed by atoms with van der Waals surface area (Å²) in [5, 5.41) is 4.07. The molecule has 3 heterocycles. The number of amides is 1. The molecule has 128 valence electrons. The summed E-state index contributed by atoms with van der Waals surface area (Å²) in [4.78, 5) is 18.9. The first kappa shape index (κ1) is 15.8. The summed E-state index contributed by atoms with van der Waals surface area (Å²) in [5.74, 6) is 0.268. The van der Waals surface area contributed by atoms with Gasteiger partial charge in [0.1, 0.15) is 5.58 Å². The first-order valence-corrected chi connectivity index (χ1v) is 8.68. The average Bonchev–Trinajstić information content (AvgIpc) is 3.09. The average molecular weight is 335 g/mol. The van der Waals surface area contributed by atoms with Gasteiger partial charge in [-0.1, -0.05) is 18.2 Å². The van der Waals surface area contributed by atoms with E-state index in [2.05, 4.69) is 27.3 Å². The number of likely N-dealkylation sites (tertiary alicyclic amines) is 1. The summed E-state index contributed by atoms with van der Waals surface area (Å²) in [6.45, 7) is 2.90. The first-order valence-electron chi connectivity index (χ1n) is 8.68. The van der Waals surface area contributed by atoms with E-state index < -0.39 is 0 Å². The molecule has 1 fully saturated rings. The third kappa shape index (κ3) is 3.72.